The van der Waals surface area contributed by atoms with Crippen molar-refractivity contribution in [3.8, 4) is 5.75 Å². The predicted octanol–water partition coefficient (Wildman–Crippen LogP) is 1.78. The molecule has 2 aromatic rings. The molecule has 0 aliphatic carbocycles. The van der Waals surface area contributed by atoms with Crippen molar-refractivity contribution in [3.63, 3.8) is 0 Å². The van der Waals surface area contributed by atoms with Crippen molar-refractivity contribution in [2.24, 2.45) is 0 Å². The van der Waals surface area contributed by atoms with Gasteiger partial charge in [-0.1, -0.05) is 0 Å². The minimum absolute atomic E-state index is 0.162. The quantitative estimate of drug-likeness (QED) is 0.924. The fraction of sp³-hybridized carbons (Fsp3) is 0.333. The fourth-order valence-corrected chi connectivity index (χ4v) is 2.18. The zero-order valence-electron chi connectivity index (χ0n) is 11.9. The summed E-state index contributed by atoms with van der Waals surface area (Å²) in [7, 11) is 1.55. The molecule has 1 heterocycles. The van der Waals surface area contributed by atoms with Gasteiger partial charge in [0, 0.05) is 19.3 Å². The Labute approximate surface area is 117 Å². The molecule has 2 rings (SSSR count). The lowest BCUT2D eigenvalue weighted by Crippen LogP contribution is -2.29. The normalized spacial score (nSPS) is 10.6. The van der Waals surface area contributed by atoms with Gasteiger partial charge in [0.25, 0.3) is 5.91 Å². The van der Waals surface area contributed by atoms with E-state index in [1.807, 2.05) is 24.5 Å². The number of carbonyl (C=O) groups is 1. The van der Waals surface area contributed by atoms with Crippen LogP contribution in [0.4, 0.5) is 0 Å². The Morgan fingerprint density at radius 2 is 2.10 bits per heavy atom. The molecule has 1 amide bonds. The first kappa shape index (κ1) is 14.1. The molecule has 5 nitrogen and oxygen atoms in total. The molecule has 0 aliphatic heterocycles. The number of nitrogens with zero attached hydrogens (tertiary/aromatic N) is 1. The SMILES string of the molecule is CCNC(=O)c1cn(CC)c2ccc(OC)cc2c1=O. The third-order valence-corrected chi connectivity index (χ3v) is 3.21. The summed E-state index contributed by atoms with van der Waals surface area (Å²) < 4.78 is 7.04. The zero-order chi connectivity index (χ0) is 14.7. The highest BCUT2D eigenvalue weighted by molar-refractivity contribution is 5.97. The molecule has 0 spiro atoms. The van der Waals surface area contributed by atoms with E-state index in [1.54, 1.807) is 25.4 Å². The summed E-state index contributed by atoms with van der Waals surface area (Å²) in [6.07, 6.45) is 1.61. The van der Waals surface area contributed by atoms with E-state index in [0.29, 0.717) is 24.2 Å². The third-order valence-electron chi connectivity index (χ3n) is 3.21. The number of aryl methyl sites for hydroxylation is 1. The second-order valence-electron chi connectivity index (χ2n) is 4.40. The van der Waals surface area contributed by atoms with Crippen LogP contribution in [0.2, 0.25) is 0 Å². The van der Waals surface area contributed by atoms with Crippen molar-refractivity contribution in [2.45, 2.75) is 20.4 Å². The van der Waals surface area contributed by atoms with Crippen LogP contribution >= 0.6 is 0 Å². The van der Waals surface area contributed by atoms with Gasteiger partial charge in [-0.3, -0.25) is 9.59 Å². The number of methoxy groups -OCH3 is 1. The minimum Gasteiger partial charge on any atom is -0.497 e. The Morgan fingerprint density at radius 1 is 1.35 bits per heavy atom. The molecule has 0 aliphatic rings. The molecule has 1 aromatic heterocycles. The summed E-state index contributed by atoms with van der Waals surface area (Å²) in [4.78, 5) is 24.4. The molecule has 1 N–H and O–H groups in total. The molecule has 0 radical (unpaired) electrons. The van der Waals surface area contributed by atoms with E-state index in [9.17, 15) is 9.59 Å². The molecule has 1 aromatic carbocycles. The summed E-state index contributed by atoms with van der Waals surface area (Å²) in [6.45, 7) is 4.95. The topological polar surface area (TPSA) is 60.3 Å². The van der Waals surface area contributed by atoms with Crippen LogP contribution in [0, 0.1) is 0 Å². The van der Waals surface area contributed by atoms with Crippen LogP contribution in [-0.2, 0) is 6.54 Å². The van der Waals surface area contributed by atoms with Crippen LogP contribution in [0.1, 0.15) is 24.2 Å². The second kappa shape index (κ2) is 5.77. The average Bonchev–Trinajstić information content (AvgIpc) is 2.47. The maximum atomic E-state index is 12.5. The lowest BCUT2D eigenvalue weighted by Gasteiger charge is -2.12. The maximum absolute atomic E-state index is 12.5. The Kier molecular flexibility index (Phi) is 4.08. The third kappa shape index (κ3) is 2.39. The number of hydrogen-bond acceptors (Lipinski definition) is 3. The van der Waals surface area contributed by atoms with Crippen molar-refractivity contribution >= 4 is 16.8 Å². The largest absolute Gasteiger partial charge is 0.497 e. The van der Waals surface area contributed by atoms with Gasteiger partial charge < -0.3 is 14.6 Å². The van der Waals surface area contributed by atoms with Gasteiger partial charge in [-0.2, -0.15) is 0 Å². The summed E-state index contributed by atoms with van der Waals surface area (Å²) in [5.74, 6) is 0.259. The van der Waals surface area contributed by atoms with Gasteiger partial charge in [0.05, 0.1) is 18.0 Å². The second-order valence-corrected chi connectivity index (χ2v) is 4.40. The van der Waals surface area contributed by atoms with Gasteiger partial charge >= 0.3 is 0 Å². The van der Waals surface area contributed by atoms with Crippen molar-refractivity contribution in [1.82, 2.24) is 9.88 Å². The Morgan fingerprint density at radius 3 is 2.70 bits per heavy atom. The highest BCUT2D eigenvalue weighted by Gasteiger charge is 2.14. The molecule has 0 atom stereocenters. The van der Waals surface area contributed by atoms with Crippen LogP contribution in [0.5, 0.6) is 5.75 Å². The van der Waals surface area contributed by atoms with E-state index in [0.717, 1.165) is 5.52 Å². The average molecular weight is 274 g/mol. The number of ether oxygens (including phenoxy) is 1. The number of pyridine rings is 1. The first-order valence-corrected chi connectivity index (χ1v) is 6.61. The molecular formula is C15H18N2O3. The highest BCUT2D eigenvalue weighted by atomic mass is 16.5. The molecule has 106 valence electrons. The lowest BCUT2D eigenvalue weighted by atomic mass is 10.1. The summed E-state index contributed by atoms with van der Waals surface area (Å²) in [5, 5.41) is 3.16. The van der Waals surface area contributed by atoms with E-state index in [2.05, 4.69) is 5.32 Å². The van der Waals surface area contributed by atoms with Crippen LogP contribution < -0.4 is 15.5 Å². The molecule has 0 saturated carbocycles. The molecule has 0 unspecified atom stereocenters. The van der Waals surface area contributed by atoms with Crippen LogP contribution in [0.25, 0.3) is 10.9 Å². The van der Waals surface area contributed by atoms with E-state index in [-0.39, 0.29) is 16.9 Å². The Bertz CT molecular complexity index is 704. The number of carbonyl (C=O) groups excluding carboxylic acids is 1. The zero-order valence-corrected chi connectivity index (χ0v) is 11.9. The van der Waals surface area contributed by atoms with Gasteiger partial charge in [0.2, 0.25) is 5.43 Å². The smallest absolute Gasteiger partial charge is 0.256 e. The molecule has 0 bridgehead atoms. The monoisotopic (exact) mass is 274 g/mol. The number of rotatable bonds is 4. The van der Waals surface area contributed by atoms with Gasteiger partial charge in [-0.15, -0.1) is 0 Å². The number of benzene rings is 1. The standard InChI is InChI=1S/C15H18N2O3/c1-4-16-15(19)12-9-17(5-2)13-7-6-10(20-3)8-11(13)14(12)18/h6-9H,4-5H2,1-3H3,(H,16,19). The highest BCUT2D eigenvalue weighted by Crippen LogP contribution is 2.19. The summed E-state index contributed by atoms with van der Waals surface area (Å²) >= 11 is 0. The number of amides is 1. The molecule has 0 fully saturated rings. The van der Waals surface area contributed by atoms with Crippen LogP contribution in [0.15, 0.2) is 29.2 Å². The number of fused-ring (bicyclic) bond motifs is 1. The van der Waals surface area contributed by atoms with Crippen molar-refractivity contribution < 1.29 is 9.53 Å². The van der Waals surface area contributed by atoms with Crippen LogP contribution in [-0.4, -0.2) is 24.1 Å². The van der Waals surface area contributed by atoms with Crippen molar-refractivity contribution in [3.05, 3.63) is 40.2 Å². The molecule has 20 heavy (non-hydrogen) atoms. The predicted molar refractivity (Wildman–Crippen MR) is 78.4 cm³/mol. The van der Waals surface area contributed by atoms with Crippen molar-refractivity contribution in [2.75, 3.05) is 13.7 Å². The van der Waals surface area contributed by atoms with E-state index < -0.39 is 0 Å². The Hall–Kier alpha value is -2.30. The first-order chi connectivity index (χ1) is 9.62. The van der Waals surface area contributed by atoms with Crippen LogP contribution in [0.3, 0.4) is 0 Å². The number of nitrogens with one attached hydrogen (secondary N) is 1. The van der Waals surface area contributed by atoms with Gasteiger partial charge in [0.15, 0.2) is 0 Å². The molecule has 0 saturated heterocycles. The fourth-order valence-electron chi connectivity index (χ4n) is 2.18. The van der Waals surface area contributed by atoms with E-state index in [1.165, 1.54) is 0 Å². The van der Waals surface area contributed by atoms with Gasteiger partial charge in [-0.25, -0.2) is 0 Å². The van der Waals surface area contributed by atoms with E-state index >= 15 is 0 Å². The number of aromatic nitrogens is 1. The summed E-state index contributed by atoms with van der Waals surface area (Å²) in [5.41, 5.74) is 0.690. The Balaban J connectivity index is 2.75. The van der Waals surface area contributed by atoms with Crippen molar-refractivity contribution in [1.29, 1.82) is 0 Å². The lowest BCUT2D eigenvalue weighted by molar-refractivity contribution is 0.0954. The summed E-state index contributed by atoms with van der Waals surface area (Å²) in [6, 6.07) is 5.31. The van der Waals surface area contributed by atoms with E-state index in [4.69, 9.17) is 4.74 Å². The molecular weight excluding hydrogens is 256 g/mol. The molecule has 5 heteroatoms. The first-order valence-electron chi connectivity index (χ1n) is 6.61. The maximum Gasteiger partial charge on any atom is 0.256 e. The minimum atomic E-state index is -0.343. The van der Waals surface area contributed by atoms with Gasteiger partial charge in [0.1, 0.15) is 11.3 Å². The van der Waals surface area contributed by atoms with Gasteiger partial charge in [-0.05, 0) is 32.0 Å². The number of hydrogen-bond donors (Lipinski definition) is 1.